The first-order valence-electron chi connectivity index (χ1n) is 5.33. The van der Waals surface area contributed by atoms with Crippen molar-refractivity contribution in [2.45, 2.75) is 6.92 Å². The van der Waals surface area contributed by atoms with Gasteiger partial charge in [-0.1, -0.05) is 6.07 Å². The number of hydrogen-bond donors (Lipinski definition) is 2. The quantitative estimate of drug-likeness (QED) is 0.741. The lowest BCUT2D eigenvalue weighted by atomic mass is 10.2. The zero-order chi connectivity index (χ0) is 13.1. The van der Waals surface area contributed by atoms with Crippen molar-refractivity contribution in [1.29, 1.82) is 0 Å². The van der Waals surface area contributed by atoms with E-state index in [4.69, 9.17) is 0 Å². The van der Waals surface area contributed by atoms with Crippen LogP contribution in [0.3, 0.4) is 0 Å². The summed E-state index contributed by atoms with van der Waals surface area (Å²) in [6.45, 7) is 2.09. The van der Waals surface area contributed by atoms with Gasteiger partial charge in [-0.15, -0.1) is 0 Å². The Morgan fingerprint density at radius 3 is 2.61 bits per heavy atom. The summed E-state index contributed by atoms with van der Waals surface area (Å²) in [5.41, 5.74) is 2.27. The standard InChI is InChI=1S/C12H12BrIN4/c1-7-3-4-8(5-9(7)14)18-12-10(13)11(15-2)16-6-17-12/h3-6H,1-2H3,(H2,15,16,17,18). The summed E-state index contributed by atoms with van der Waals surface area (Å²) in [6.07, 6.45) is 1.53. The van der Waals surface area contributed by atoms with Crippen LogP contribution in [0.1, 0.15) is 5.56 Å². The van der Waals surface area contributed by atoms with Crippen molar-refractivity contribution in [3.05, 3.63) is 38.1 Å². The molecule has 1 aromatic heterocycles. The average molecular weight is 419 g/mol. The minimum Gasteiger partial charge on any atom is -0.372 e. The van der Waals surface area contributed by atoms with E-state index in [0.717, 1.165) is 21.8 Å². The van der Waals surface area contributed by atoms with E-state index in [1.165, 1.54) is 15.5 Å². The van der Waals surface area contributed by atoms with Gasteiger partial charge in [0.25, 0.3) is 0 Å². The number of nitrogens with one attached hydrogen (secondary N) is 2. The highest BCUT2D eigenvalue weighted by Gasteiger charge is 2.07. The second-order valence-corrected chi connectivity index (χ2v) is 5.68. The molecule has 2 rings (SSSR count). The molecule has 18 heavy (non-hydrogen) atoms. The second-order valence-electron chi connectivity index (χ2n) is 3.72. The van der Waals surface area contributed by atoms with Crippen LogP contribution in [0.4, 0.5) is 17.3 Å². The van der Waals surface area contributed by atoms with Gasteiger partial charge in [0.05, 0.1) is 0 Å². The van der Waals surface area contributed by atoms with Crippen molar-refractivity contribution in [2.75, 3.05) is 17.7 Å². The van der Waals surface area contributed by atoms with Crippen molar-refractivity contribution in [2.24, 2.45) is 0 Å². The predicted molar refractivity (Wildman–Crippen MR) is 86.5 cm³/mol. The molecule has 0 atom stereocenters. The predicted octanol–water partition coefficient (Wildman–Crippen LogP) is 3.94. The fraction of sp³-hybridized carbons (Fsp3) is 0.167. The lowest BCUT2D eigenvalue weighted by Crippen LogP contribution is -2.00. The van der Waals surface area contributed by atoms with Crippen LogP contribution in [0.15, 0.2) is 29.0 Å². The number of anilines is 3. The monoisotopic (exact) mass is 418 g/mol. The number of benzene rings is 1. The van der Waals surface area contributed by atoms with Crippen LogP contribution in [0, 0.1) is 10.5 Å². The summed E-state index contributed by atoms with van der Waals surface area (Å²) in [5.74, 6) is 1.50. The molecule has 2 aromatic rings. The Labute approximate surface area is 128 Å². The molecule has 0 saturated heterocycles. The van der Waals surface area contributed by atoms with Gasteiger partial charge in [-0.2, -0.15) is 0 Å². The number of halogens is 2. The summed E-state index contributed by atoms with van der Waals surface area (Å²) in [5, 5.41) is 6.27. The Kier molecular flexibility index (Phi) is 4.39. The first kappa shape index (κ1) is 13.5. The van der Waals surface area contributed by atoms with Crippen molar-refractivity contribution in [3.63, 3.8) is 0 Å². The summed E-state index contributed by atoms with van der Waals surface area (Å²) < 4.78 is 2.04. The minimum absolute atomic E-state index is 0.744. The van der Waals surface area contributed by atoms with E-state index in [1.807, 2.05) is 13.1 Å². The lowest BCUT2D eigenvalue weighted by Gasteiger charge is -2.10. The number of aromatic nitrogens is 2. The van der Waals surface area contributed by atoms with E-state index < -0.39 is 0 Å². The van der Waals surface area contributed by atoms with Gasteiger partial charge in [-0.3, -0.25) is 0 Å². The van der Waals surface area contributed by atoms with Crippen molar-refractivity contribution >= 4 is 55.8 Å². The number of aryl methyl sites for hydroxylation is 1. The summed E-state index contributed by atoms with van der Waals surface area (Å²) >= 11 is 5.80. The molecule has 0 radical (unpaired) electrons. The Morgan fingerprint density at radius 1 is 1.22 bits per heavy atom. The van der Waals surface area contributed by atoms with E-state index in [-0.39, 0.29) is 0 Å². The molecule has 0 aliphatic carbocycles. The second kappa shape index (κ2) is 5.83. The first-order chi connectivity index (χ1) is 8.61. The average Bonchev–Trinajstić information content (AvgIpc) is 2.36. The van der Waals surface area contributed by atoms with Gasteiger partial charge in [-0.25, -0.2) is 9.97 Å². The smallest absolute Gasteiger partial charge is 0.150 e. The molecule has 0 spiro atoms. The molecular weight excluding hydrogens is 407 g/mol. The molecule has 0 fully saturated rings. The minimum atomic E-state index is 0.744. The molecule has 1 heterocycles. The van der Waals surface area contributed by atoms with Crippen molar-refractivity contribution in [1.82, 2.24) is 9.97 Å². The number of rotatable bonds is 3. The van der Waals surface area contributed by atoms with Gasteiger partial charge < -0.3 is 10.6 Å². The summed E-state index contributed by atoms with van der Waals surface area (Å²) in [6, 6.07) is 6.20. The Hall–Kier alpha value is -0.890. The van der Waals surface area contributed by atoms with E-state index in [2.05, 4.69) is 78.2 Å². The van der Waals surface area contributed by atoms with Crippen LogP contribution in [-0.4, -0.2) is 17.0 Å². The van der Waals surface area contributed by atoms with Crippen LogP contribution in [-0.2, 0) is 0 Å². The largest absolute Gasteiger partial charge is 0.372 e. The van der Waals surface area contributed by atoms with Crippen molar-refractivity contribution in [3.8, 4) is 0 Å². The van der Waals surface area contributed by atoms with Crippen LogP contribution < -0.4 is 10.6 Å². The van der Waals surface area contributed by atoms with Gasteiger partial charge in [0.2, 0.25) is 0 Å². The van der Waals surface area contributed by atoms with Crippen LogP contribution in [0.25, 0.3) is 0 Å². The maximum absolute atomic E-state index is 4.22. The summed E-state index contributed by atoms with van der Waals surface area (Å²) in [4.78, 5) is 8.34. The molecule has 6 heteroatoms. The van der Waals surface area contributed by atoms with Gasteiger partial charge in [-0.05, 0) is 63.1 Å². The zero-order valence-electron chi connectivity index (χ0n) is 9.96. The molecule has 94 valence electrons. The SMILES string of the molecule is CNc1ncnc(Nc2ccc(C)c(I)c2)c1Br. The van der Waals surface area contributed by atoms with Gasteiger partial charge in [0, 0.05) is 16.3 Å². The molecule has 0 bridgehead atoms. The maximum atomic E-state index is 4.22. The van der Waals surface area contributed by atoms with Gasteiger partial charge in [0.1, 0.15) is 22.4 Å². The van der Waals surface area contributed by atoms with Crippen LogP contribution in [0.5, 0.6) is 0 Å². The third-order valence-corrected chi connectivity index (χ3v) is 4.37. The van der Waals surface area contributed by atoms with E-state index in [9.17, 15) is 0 Å². The Balaban J connectivity index is 2.31. The molecule has 4 nitrogen and oxygen atoms in total. The maximum Gasteiger partial charge on any atom is 0.150 e. The molecule has 0 aliphatic heterocycles. The third kappa shape index (κ3) is 2.92. The molecule has 1 aromatic carbocycles. The highest BCUT2D eigenvalue weighted by atomic mass is 127. The van der Waals surface area contributed by atoms with Gasteiger partial charge >= 0.3 is 0 Å². The van der Waals surface area contributed by atoms with E-state index in [1.54, 1.807) is 0 Å². The fourth-order valence-corrected chi connectivity index (χ4v) is 2.46. The molecule has 0 aliphatic rings. The van der Waals surface area contributed by atoms with Crippen LogP contribution in [0.2, 0.25) is 0 Å². The van der Waals surface area contributed by atoms with E-state index in [0.29, 0.717) is 0 Å². The molecule has 0 amide bonds. The Bertz CT molecular complexity index is 574. The zero-order valence-corrected chi connectivity index (χ0v) is 13.7. The number of nitrogens with zero attached hydrogens (tertiary/aromatic N) is 2. The van der Waals surface area contributed by atoms with Crippen molar-refractivity contribution < 1.29 is 0 Å². The first-order valence-corrected chi connectivity index (χ1v) is 7.20. The van der Waals surface area contributed by atoms with E-state index >= 15 is 0 Å². The normalized spacial score (nSPS) is 10.2. The fourth-order valence-electron chi connectivity index (χ4n) is 1.44. The summed E-state index contributed by atoms with van der Waals surface area (Å²) in [7, 11) is 1.83. The van der Waals surface area contributed by atoms with Gasteiger partial charge in [0.15, 0.2) is 0 Å². The third-order valence-electron chi connectivity index (χ3n) is 2.46. The molecule has 2 N–H and O–H groups in total. The molecule has 0 unspecified atom stereocenters. The number of hydrogen-bond acceptors (Lipinski definition) is 4. The Morgan fingerprint density at radius 2 is 1.94 bits per heavy atom. The highest BCUT2D eigenvalue weighted by Crippen LogP contribution is 2.29. The molecular formula is C12H12BrIN4. The molecule has 0 saturated carbocycles. The van der Waals surface area contributed by atoms with Crippen LogP contribution >= 0.6 is 38.5 Å². The topological polar surface area (TPSA) is 49.8 Å². The lowest BCUT2D eigenvalue weighted by molar-refractivity contribution is 1.14. The highest BCUT2D eigenvalue weighted by molar-refractivity contribution is 14.1.